The summed E-state index contributed by atoms with van der Waals surface area (Å²) in [7, 11) is -3.60. The first-order chi connectivity index (χ1) is 15.4. The van der Waals surface area contributed by atoms with Crippen molar-refractivity contribution in [2.45, 2.75) is 13.1 Å². The van der Waals surface area contributed by atoms with Crippen molar-refractivity contribution >= 4 is 32.6 Å². The van der Waals surface area contributed by atoms with Crippen molar-refractivity contribution in [2.24, 2.45) is 0 Å². The second-order valence-electron chi connectivity index (χ2n) is 7.32. The van der Waals surface area contributed by atoms with Gasteiger partial charge in [0.1, 0.15) is 11.5 Å². The van der Waals surface area contributed by atoms with Gasteiger partial charge in [-0.15, -0.1) is 0 Å². The van der Waals surface area contributed by atoms with E-state index in [-0.39, 0.29) is 24.9 Å². The molecule has 0 saturated heterocycles. The lowest BCUT2D eigenvalue weighted by Crippen LogP contribution is -2.34. The number of amides is 2. The first kappa shape index (κ1) is 21.5. The summed E-state index contributed by atoms with van der Waals surface area (Å²) in [4.78, 5) is 14.8. The second kappa shape index (κ2) is 9.15. The molecule has 0 aliphatic heterocycles. The van der Waals surface area contributed by atoms with E-state index in [0.717, 1.165) is 28.3 Å². The first-order valence-electron chi connectivity index (χ1n) is 9.92. The Balaban J connectivity index is 1.55. The van der Waals surface area contributed by atoms with Crippen molar-refractivity contribution in [2.75, 3.05) is 11.6 Å². The number of furan rings is 1. The van der Waals surface area contributed by atoms with Gasteiger partial charge in [-0.05, 0) is 41.3 Å². The Morgan fingerprint density at radius 3 is 2.41 bits per heavy atom. The maximum atomic E-state index is 13.2. The van der Waals surface area contributed by atoms with Gasteiger partial charge in [0.25, 0.3) is 0 Å². The summed E-state index contributed by atoms with van der Waals surface area (Å²) in [5.74, 6) is 0.865. The van der Waals surface area contributed by atoms with Crippen LogP contribution in [0.3, 0.4) is 0 Å². The zero-order valence-electron chi connectivity index (χ0n) is 17.4. The van der Waals surface area contributed by atoms with Gasteiger partial charge in [-0.25, -0.2) is 4.79 Å². The van der Waals surface area contributed by atoms with Crippen molar-refractivity contribution in [1.29, 1.82) is 0 Å². The highest BCUT2D eigenvalue weighted by atomic mass is 32.2. The number of anilines is 1. The summed E-state index contributed by atoms with van der Waals surface area (Å²) in [5.41, 5.74) is 1.53. The monoisotopic (exact) mass is 450 g/mol. The largest absolute Gasteiger partial charge is 0.467 e. The van der Waals surface area contributed by atoms with E-state index in [9.17, 15) is 13.2 Å². The first-order valence-corrected chi connectivity index (χ1v) is 11.7. The summed E-state index contributed by atoms with van der Waals surface area (Å²) in [5, 5.41) is 4.98. The van der Waals surface area contributed by atoms with Crippen molar-refractivity contribution in [1.82, 2.24) is 4.90 Å². The molecule has 0 aliphatic carbocycles. The van der Waals surface area contributed by atoms with Crippen molar-refractivity contribution in [3.63, 3.8) is 0 Å². The van der Waals surface area contributed by atoms with Gasteiger partial charge in [0, 0.05) is 11.9 Å². The minimum atomic E-state index is -3.60. The van der Waals surface area contributed by atoms with Gasteiger partial charge in [-0.2, -0.15) is 8.42 Å². The highest BCUT2D eigenvalue weighted by molar-refractivity contribution is 7.86. The standard InChI is InChI=1S/C24H22N2O5S/c1-32(28,29)31-20-13-11-18(12-14-20)16-26(17-21-8-5-15-30-21)24(27)25-23-10-4-7-19-6-2-3-9-22(19)23/h2-15H,16-17H2,1H3,(H,25,27). The SMILES string of the molecule is CS(=O)(=O)Oc1ccc(CN(Cc2ccco2)C(=O)Nc2cccc3ccccc23)cc1. The summed E-state index contributed by atoms with van der Waals surface area (Å²) in [6, 6.07) is 23.4. The van der Waals surface area contributed by atoms with Crippen LogP contribution in [0, 0.1) is 0 Å². The quantitative estimate of drug-likeness (QED) is 0.400. The third-order valence-electron chi connectivity index (χ3n) is 4.79. The van der Waals surface area contributed by atoms with Crippen molar-refractivity contribution in [3.8, 4) is 5.75 Å². The number of fused-ring (bicyclic) bond motifs is 1. The van der Waals surface area contributed by atoms with E-state index in [0.29, 0.717) is 5.76 Å². The third-order valence-corrected chi connectivity index (χ3v) is 5.28. The maximum absolute atomic E-state index is 13.2. The van der Waals surface area contributed by atoms with Crippen LogP contribution in [0.1, 0.15) is 11.3 Å². The van der Waals surface area contributed by atoms with Crippen LogP contribution >= 0.6 is 0 Å². The van der Waals surface area contributed by atoms with E-state index in [1.54, 1.807) is 47.6 Å². The topological polar surface area (TPSA) is 88.9 Å². The number of nitrogens with one attached hydrogen (secondary N) is 1. The molecule has 4 rings (SSSR count). The summed E-state index contributed by atoms with van der Waals surface area (Å²) in [6.07, 6.45) is 2.55. The molecule has 0 spiro atoms. The van der Waals surface area contributed by atoms with Gasteiger partial charge in [0.15, 0.2) is 0 Å². The van der Waals surface area contributed by atoms with Gasteiger partial charge in [-0.1, -0.05) is 48.5 Å². The number of rotatable bonds is 7. The molecule has 7 nitrogen and oxygen atoms in total. The average Bonchev–Trinajstić information content (AvgIpc) is 3.27. The van der Waals surface area contributed by atoms with Crippen LogP contribution in [0.25, 0.3) is 10.8 Å². The predicted molar refractivity (Wildman–Crippen MR) is 123 cm³/mol. The number of hydrogen-bond acceptors (Lipinski definition) is 5. The van der Waals surface area contributed by atoms with Crippen LogP contribution in [-0.4, -0.2) is 25.6 Å². The smallest absolute Gasteiger partial charge is 0.322 e. The Labute approximate surface area is 186 Å². The van der Waals surface area contributed by atoms with Gasteiger partial charge in [0.05, 0.1) is 24.8 Å². The van der Waals surface area contributed by atoms with Crippen LogP contribution in [0.4, 0.5) is 10.5 Å². The Kier molecular flexibility index (Phi) is 6.13. The number of carbonyl (C=O) groups is 1. The van der Waals surface area contributed by atoms with Crippen LogP contribution in [0.5, 0.6) is 5.75 Å². The molecule has 32 heavy (non-hydrogen) atoms. The number of hydrogen-bond donors (Lipinski definition) is 1. The fourth-order valence-corrected chi connectivity index (χ4v) is 3.83. The van der Waals surface area contributed by atoms with Gasteiger partial charge < -0.3 is 18.8 Å². The molecule has 1 N–H and O–H groups in total. The number of urea groups is 1. The van der Waals surface area contributed by atoms with Crippen LogP contribution in [0.2, 0.25) is 0 Å². The Morgan fingerprint density at radius 1 is 0.938 bits per heavy atom. The highest BCUT2D eigenvalue weighted by Crippen LogP contribution is 2.24. The average molecular weight is 451 g/mol. The number of benzene rings is 3. The normalized spacial score (nSPS) is 11.3. The van der Waals surface area contributed by atoms with Crippen LogP contribution in [-0.2, 0) is 23.2 Å². The lowest BCUT2D eigenvalue weighted by molar-refractivity contribution is 0.201. The molecule has 0 fully saturated rings. The van der Waals surface area contributed by atoms with Crippen molar-refractivity contribution in [3.05, 3.63) is 96.4 Å². The van der Waals surface area contributed by atoms with E-state index in [1.807, 2.05) is 42.5 Å². The number of carbonyl (C=O) groups excluding carboxylic acids is 1. The fourth-order valence-electron chi connectivity index (χ4n) is 3.36. The minimum absolute atomic E-state index is 0.217. The Hall–Kier alpha value is -3.78. The second-order valence-corrected chi connectivity index (χ2v) is 8.90. The molecule has 0 atom stereocenters. The Morgan fingerprint density at radius 2 is 1.69 bits per heavy atom. The van der Waals surface area contributed by atoms with E-state index in [2.05, 4.69) is 5.32 Å². The fraction of sp³-hybridized carbons (Fsp3) is 0.125. The zero-order valence-corrected chi connectivity index (χ0v) is 18.2. The molecule has 0 unspecified atom stereocenters. The molecule has 0 aliphatic rings. The predicted octanol–water partition coefficient (Wildman–Crippen LogP) is 5.01. The molecule has 0 saturated carbocycles. The minimum Gasteiger partial charge on any atom is -0.467 e. The summed E-state index contributed by atoms with van der Waals surface area (Å²) >= 11 is 0. The number of nitrogens with zero attached hydrogens (tertiary/aromatic N) is 1. The molecule has 8 heteroatoms. The lowest BCUT2D eigenvalue weighted by atomic mass is 10.1. The summed E-state index contributed by atoms with van der Waals surface area (Å²) in [6.45, 7) is 0.557. The Bertz CT molecular complexity index is 1310. The molecule has 0 radical (unpaired) electrons. The molecule has 0 bridgehead atoms. The van der Waals surface area contributed by atoms with Crippen LogP contribution in [0.15, 0.2) is 89.5 Å². The van der Waals surface area contributed by atoms with E-state index < -0.39 is 10.1 Å². The third kappa shape index (κ3) is 5.47. The van der Waals surface area contributed by atoms with Crippen molar-refractivity contribution < 1.29 is 21.8 Å². The van der Waals surface area contributed by atoms with Crippen LogP contribution < -0.4 is 9.50 Å². The van der Waals surface area contributed by atoms with E-state index in [4.69, 9.17) is 8.60 Å². The summed E-state index contributed by atoms with van der Waals surface area (Å²) < 4.78 is 32.9. The highest BCUT2D eigenvalue weighted by Gasteiger charge is 2.17. The molecule has 164 valence electrons. The molecular formula is C24H22N2O5S. The molecule has 2 amide bonds. The van der Waals surface area contributed by atoms with E-state index >= 15 is 0 Å². The van der Waals surface area contributed by atoms with Gasteiger partial charge in [0.2, 0.25) is 0 Å². The molecule has 3 aromatic carbocycles. The maximum Gasteiger partial charge on any atom is 0.322 e. The van der Waals surface area contributed by atoms with Gasteiger partial charge in [-0.3, -0.25) is 0 Å². The zero-order chi connectivity index (χ0) is 22.6. The molecule has 1 heterocycles. The van der Waals surface area contributed by atoms with Gasteiger partial charge >= 0.3 is 16.1 Å². The lowest BCUT2D eigenvalue weighted by Gasteiger charge is -2.23. The van der Waals surface area contributed by atoms with E-state index in [1.165, 1.54) is 0 Å². The molecular weight excluding hydrogens is 428 g/mol. The molecule has 1 aromatic heterocycles. The molecule has 4 aromatic rings.